The first-order chi connectivity index (χ1) is 9.69. The highest BCUT2D eigenvalue weighted by Gasteiger charge is 2.18. The zero-order valence-electron chi connectivity index (χ0n) is 12.2. The maximum atomic E-state index is 10.6. The van der Waals surface area contributed by atoms with Gasteiger partial charge in [-0.05, 0) is 12.5 Å². The molecular formula is C14H24N4O2. The minimum atomic E-state index is -0.712. The molecule has 0 aromatic carbocycles. The van der Waals surface area contributed by atoms with Gasteiger partial charge in [-0.3, -0.25) is 14.4 Å². The number of aromatic nitrogens is 2. The normalized spacial score (nSPS) is 17.4. The molecule has 0 unspecified atom stereocenters. The zero-order chi connectivity index (χ0) is 14.4. The molecule has 0 aliphatic carbocycles. The molecule has 0 saturated carbocycles. The predicted molar refractivity (Wildman–Crippen MR) is 76.5 cm³/mol. The van der Waals surface area contributed by atoms with Crippen molar-refractivity contribution in [2.75, 3.05) is 32.7 Å². The van der Waals surface area contributed by atoms with E-state index in [1.54, 1.807) is 0 Å². The number of carboxylic acids is 1. The van der Waals surface area contributed by atoms with E-state index >= 15 is 0 Å². The number of piperazine rings is 1. The molecule has 0 bridgehead atoms. The third-order valence-corrected chi connectivity index (χ3v) is 3.73. The Morgan fingerprint density at radius 2 is 1.95 bits per heavy atom. The Balaban J connectivity index is 1.76. The molecule has 1 saturated heterocycles. The topological polar surface area (TPSA) is 61.6 Å². The van der Waals surface area contributed by atoms with Crippen molar-refractivity contribution in [1.29, 1.82) is 0 Å². The summed E-state index contributed by atoms with van der Waals surface area (Å²) in [5, 5.41) is 13.1. The SMILES string of the molecule is CCCn1nccc1CN1CCN(CCC(=O)O)CC1. The number of nitrogens with zero attached hydrogens (tertiary/aromatic N) is 4. The van der Waals surface area contributed by atoms with Crippen LogP contribution in [0.3, 0.4) is 0 Å². The molecule has 112 valence electrons. The largest absolute Gasteiger partial charge is 0.481 e. The van der Waals surface area contributed by atoms with Gasteiger partial charge in [0.25, 0.3) is 0 Å². The van der Waals surface area contributed by atoms with Crippen molar-refractivity contribution in [1.82, 2.24) is 19.6 Å². The van der Waals surface area contributed by atoms with Crippen molar-refractivity contribution < 1.29 is 9.90 Å². The third-order valence-electron chi connectivity index (χ3n) is 3.73. The number of hydrogen-bond acceptors (Lipinski definition) is 4. The van der Waals surface area contributed by atoms with Gasteiger partial charge in [0.05, 0.1) is 12.1 Å². The highest BCUT2D eigenvalue weighted by Crippen LogP contribution is 2.09. The smallest absolute Gasteiger partial charge is 0.304 e. The fourth-order valence-corrected chi connectivity index (χ4v) is 2.56. The van der Waals surface area contributed by atoms with Crippen LogP contribution in [0.1, 0.15) is 25.5 Å². The average molecular weight is 280 g/mol. The number of hydrogen-bond donors (Lipinski definition) is 1. The van der Waals surface area contributed by atoms with Crippen LogP contribution in [-0.2, 0) is 17.9 Å². The summed E-state index contributed by atoms with van der Waals surface area (Å²) in [6.07, 6.45) is 3.20. The lowest BCUT2D eigenvalue weighted by molar-refractivity contribution is -0.137. The fraction of sp³-hybridized carbons (Fsp3) is 0.714. The van der Waals surface area contributed by atoms with Crippen molar-refractivity contribution in [3.8, 4) is 0 Å². The first-order valence-corrected chi connectivity index (χ1v) is 7.36. The Morgan fingerprint density at radius 3 is 2.60 bits per heavy atom. The minimum absolute atomic E-state index is 0.239. The Hall–Kier alpha value is -1.40. The van der Waals surface area contributed by atoms with Crippen LogP contribution >= 0.6 is 0 Å². The molecule has 0 amide bonds. The van der Waals surface area contributed by atoms with Gasteiger partial charge in [0.1, 0.15) is 0 Å². The van der Waals surface area contributed by atoms with Crippen molar-refractivity contribution in [2.45, 2.75) is 32.9 Å². The molecule has 6 nitrogen and oxygen atoms in total. The summed E-state index contributed by atoms with van der Waals surface area (Å²) < 4.78 is 2.08. The van der Waals surface area contributed by atoms with E-state index < -0.39 is 5.97 Å². The second-order valence-corrected chi connectivity index (χ2v) is 5.31. The van der Waals surface area contributed by atoms with Gasteiger partial charge >= 0.3 is 5.97 Å². The predicted octanol–water partition coefficient (Wildman–Crippen LogP) is 0.885. The van der Waals surface area contributed by atoms with Crippen LogP contribution in [-0.4, -0.2) is 63.4 Å². The molecule has 6 heteroatoms. The van der Waals surface area contributed by atoms with E-state index in [1.165, 1.54) is 5.69 Å². The lowest BCUT2D eigenvalue weighted by atomic mass is 10.2. The third kappa shape index (κ3) is 4.31. The highest BCUT2D eigenvalue weighted by molar-refractivity contribution is 5.66. The molecular weight excluding hydrogens is 256 g/mol. The number of carboxylic acid groups (broad SMARTS) is 1. The van der Waals surface area contributed by atoms with Gasteiger partial charge in [-0.25, -0.2) is 0 Å². The van der Waals surface area contributed by atoms with Crippen molar-refractivity contribution in [2.24, 2.45) is 0 Å². The number of aryl methyl sites for hydroxylation is 1. The lowest BCUT2D eigenvalue weighted by Gasteiger charge is -2.34. The Kier molecular flexibility index (Phi) is 5.55. The summed E-state index contributed by atoms with van der Waals surface area (Å²) in [5.41, 5.74) is 1.27. The molecule has 1 aromatic heterocycles. The maximum absolute atomic E-state index is 10.6. The molecule has 1 fully saturated rings. The molecule has 20 heavy (non-hydrogen) atoms. The minimum Gasteiger partial charge on any atom is -0.481 e. The standard InChI is InChI=1S/C14H24N4O2/c1-2-6-18-13(3-5-15-18)12-17-10-8-16(9-11-17)7-4-14(19)20/h3,5H,2,4,6-12H2,1H3,(H,19,20). The molecule has 0 spiro atoms. The fourth-order valence-electron chi connectivity index (χ4n) is 2.56. The first-order valence-electron chi connectivity index (χ1n) is 7.36. The van der Waals surface area contributed by atoms with E-state index in [-0.39, 0.29) is 6.42 Å². The summed E-state index contributed by atoms with van der Waals surface area (Å²) in [5.74, 6) is -0.712. The second-order valence-electron chi connectivity index (χ2n) is 5.31. The van der Waals surface area contributed by atoms with E-state index in [9.17, 15) is 4.79 Å². The second kappa shape index (κ2) is 7.40. The molecule has 1 aliphatic heterocycles. The Bertz CT molecular complexity index is 425. The first kappa shape index (κ1) is 15.0. The van der Waals surface area contributed by atoms with Gasteiger partial charge in [0, 0.05) is 52.0 Å². The molecule has 0 atom stereocenters. The summed E-state index contributed by atoms with van der Waals surface area (Å²) in [6.45, 7) is 8.63. The van der Waals surface area contributed by atoms with E-state index in [2.05, 4.69) is 32.6 Å². The van der Waals surface area contributed by atoms with Gasteiger partial charge in [0.15, 0.2) is 0 Å². The van der Waals surface area contributed by atoms with Crippen LogP contribution in [0.5, 0.6) is 0 Å². The zero-order valence-corrected chi connectivity index (χ0v) is 12.2. The molecule has 2 rings (SSSR count). The Labute approximate surface area is 120 Å². The lowest BCUT2D eigenvalue weighted by Crippen LogP contribution is -2.46. The average Bonchev–Trinajstić information content (AvgIpc) is 2.86. The summed E-state index contributed by atoms with van der Waals surface area (Å²) in [6, 6.07) is 2.09. The van der Waals surface area contributed by atoms with Gasteiger partial charge < -0.3 is 10.0 Å². The number of aliphatic carboxylic acids is 1. The van der Waals surface area contributed by atoms with Crippen LogP contribution < -0.4 is 0 Å². The van der Waals surface area contributed by atoms with Gasteiger partial charge in [-0.15, -0.1) is 0 Å². The molecule has 1 N–H and O–H groups in total. The maximum Gasteiger partial charge on any atom is 0.304 e. The molecule has 1 aromatic rings. The van der Waals surface area contributed by atoms with Crippen LogP contribution in [0.4, 0.5) is 0 Å². The van der Waals surface area contributed by atoms with E-state index in [0.29, 0.717) is 6.54 Å². The summed E-state index contributed by atoms with van der Waals surface area (Å²) in [4.78, 5) is 15.2. The summed E-state index contributed by atoms with van der Waals surface area (Å²) in [7, 11) is 0. The van der Waals surface area contributed by atoms with E-state index in [4.69, 9.17) is 5.11 Å². The van der Waals surface area contributed by atoms with Crippen molar-refractivity contribution in [3.05, 3.63) is 18.0 Å². The quantitative estimate of drug-likeness (QED) is 0.803. The monoisotopic (exact) mass is 280 g/mol. The van der Waals surface area contributed by atoms with Crippen molar-refractivity contribution >= 4 is 5.97 Å². The van der Waals surface area contributed by atoms with Gasteiger partial charge in [-0.1, -0.05) is 6.92 Å². The highest BCUT2D eigenvalue weighted by atomic mass is 16.4. The molecule has 0 radical (unpaired) electrons. The van der Waals surface area contributed by atoms with Crippen molar-refractivity contribution in [3.63, 3.8) is 0 Å². The van der Waals surface area contributed by atoms with Gasteiger partial charge in [-0.2, -0.15) is 5.10 Å². The van der Waals surface area contributed by atoms with Crippen LogP contribution in [0.15, 0.2) is 12.3 Å². The molecule has 2 heterocycles. The van der Waals surface area contributed by atoms with Gasteiger partial charge in [0.2, 0.25) is 0 Å². The number of rotatable bonds is 7. The van der Waals surface area contributed by atoms with Crippen LogP contribution in [0.25, 0.3) is 0 Å². The Morgan fingerprint density at radius 1 is 1.25 bits per heavy atom. The van der Waals surface area contributed by atoms with E-state index in [1.807, 2.05) is 6.20 Å². The van der Waals surface area contributed by atoms with Crippen LogP contribution in [0.2, 0.25) is 0 Å². The number of carbonyl (C=O) groups is 1. The van der Waals surface area contributed by atoms with E-state index in [0.717, 1.165) is 45.7 Å². The molecule has 1 aliphatic rings. The summed E-state index contributed by atoms with van der Waals surface area (Å²) >= 11 is 0. The van der Waals surface area contributed by atoms with Crippen LogP contribution in [0, 0.1) is 0 Å².